The van der Waals surface area contributed by atoms with Gasteiger partial charge < -0.3 is 15.8 Å². The second kappa shape index (κ2) is 8.27. The molecule has 160 valence electrons. The van der Waals surface area contributed by atoms with Crippen molar-refractivity contribution in [1.29, 1.82) is 5.26 Å². The fourth-order valence-corrected chi connectivity index (χ4v) is 3.38. The molecular weight excluding hydrogens is 415 g/mol. The highest BCUT2D eigenvalue weighted by Crippen LogP contribution is 2.31. The minimum absolute atomic E-state index is 0.0361. The Balaban J connectivity index is 1.85. The number of anilines is 2. The largest absolute Gasteiger partial charge is 0.464 e. The van der Waals surface area contributed by atoms with Crippen LogP contribution in [-0.4, -0.2) is 37.4 Å². The molecular formula is C21H17FN8O2. The van der Waals surface area contributed by atoms with Gasteiger partial charge in [-0.2, -0.15) is 5.26 Å². The van der Waals surface area contributed by atoms with Crippen LogP contribution in [0.15, 0.2) is 43.0 Å². The SMILES string of the molecule is COC(=O)c1cccc2ncc(-c3cc(F)cnc3[C@H](C)Nc3ncnc(N)c3C#N)n12. The van der Waals surface area contributed by atoms with Crippen molar-refractivity contribution in [3.05, 3.63) is 65.8 Å². The fourth-order valence-electron chi connectivity index (χ4n) is 3.38. The molecule has 0 saturated heterocycles. The van der Waals surface area contributed by atoms with E-state index in [1.165, 1.54) is 25.7 Å². The number of ether oxygens (including phenoxy) is 1. The van der Waals surface area contributed by atoms with E-state index in [-0.39, 0.29) is 22.9 Å². The zero-order chi connectivity index (χ0) is 22.8. The van der Waals surface area contributed by atoms with E-state index in [2.05, 4.69) is 25.3 Å². The molecule has 32 heavy (non-hydrogen) atoms. The molecule has 0 aromatic carbocycles. The van der Waals surface area contributed by atoms with Gasteiger partial charge in [-0.3, -0.25) is 9.38 Å². The summed E-state index contributed by atoms with van der Waals surface area (Å²) in [6, 6.07) is 7.72. The first kappa shape index (κ1) is 20.7. The summed E-state index contributed by atoms with van der Waals surface area (Å²) in [5.74, 6) is -0.875. The first-order valence-electron chi connectivity index (χ1n) is 9.42. The molecule has 0 amide bonds. The fraction of sp³-hybridized carbons (Fsp3) is 0.143. The van der Waals surface area contributed by atoms with Gasteiger partial charge in [-0.15, -0.1) is 0 Å². The number of esters is 1. The van der Waals surface area contributed by atoms with Gasteiger partial charge in [-0.1, -0.05) is 6.07 Å². The van der Waals surface area contributed by atoms with E-state index in [1.807, 2.05) is 6.07 Å². The summed E-state index contributed by atoms with van der Waals surface area (Å²) in [6.45, 7) is 1.77. The van der Waals surface area contributed by atoms with Crippen molar-refractivity contribution in [1.82, 2.24) is 24.3 Å². The summed E-state index contributed by atoms with van der Waals surface area (Å²) in [5.41, 5.74) is 7.83. The number of rotatable bonds is 5. The molecule has 0 aliphatic carbocycles. The van der Waals surface area contributed by atoms with Gasteiger partial charge in [0.15, 0.2) is 0 Å². The minimum Gasteiger partial charge on any atom is -0.464 e. The topological polar surface area (TPSA) is 144 Å². The number of imidazole rings is 1. The van der Waals surface area contributed by atoms with Crippen molar-refractivity contribution in [3.63, 3.8) is 0 Å². The summed E-state index contributed by atoms with van der Waals surface area (Å²) in [7, 11) is 1.28. The van der Waals surface area contributed by atoms with Gasteiger partial charge in [-0.25, -0.2) is 24.1 Å². The summed E-state index contributed by atoms with van der Waals surface area (Å²) >= 11 is 0. The van der Waals surface area contributed by atoms with Crippen molar-refractivity contribution in [3.8, 4) is 17.3 Å². The molecule has 4 heterocycles. The molecule has 0 saturated carbocycles. The van der Waals surface area contributed by atoms with Crippen molar-refractivity contribution in [2.75, 3.05) is 18.2 Å². The zero-order valence-corrected chi connectivity index (χ0v) is 17.1. The molecule has 0 unspecified atom stereocenters. The standard InChI is InChI=1S/C21H17FN8O2/c1-11(29-20-14(7-23)19(24)27-10-28-20)18-13(6-12(22)8-26-18)16-9-25-17-5-3-4-15(30(16)17)21(31)32-2/h3-6,8-11H,1-2H3,(H3,24,27,28,29)/t11-/m0/s1. The number of nitrogens with two attached hydrogens (primary N) is 1. The van der Waals surface area contributed by atoms with Crippen molar-refractivity contribution < 1.29 is 13.9 Å². The van der Waals surface area contributed by atoms with Crippen LogP contribution in [0.4, 0.5) is 16.0 Å². The van der Waals surface area contributed by atoms with Crippen LogP contribution < -0.4 is 11.1 Å². The summed E-state index contributed by atoms with van der Waals surface area (Å²) in [6.07, 6.45) is 3.84. The molecule has 0 fully saturated rings. The average molecular weight is 432 g/mol. The number of fused-ring (bicyclic) bond motifs is 1. The van der Waals surface area contributed by atoms with Gasteiger partial charge in [0.05, 0.1) is 36.9 Å². The number of carbonyl (C=O) groups excluding carboxylic acids is 1. The van der Waals surface area contributed by atoms with Crippen LogP contribution in [0.5, 0.6) is 0 Å². The van der Waals surface area contributed by atoms with Crippen LogP contribution in [0.2, 0.25) is 0 Å². The first-order chi connectivity index (χ1) is 15.4. The maximum Gasteiger partial charge on any atom is 0.355 e. The molecule has 0 radical (unpaired) electrons. The molecule has 1 atom stereocenters. The average Bonchev–Trinajstić information content (AvgIpc) is 3.23. The van der Waals surface area contributed by atoms with Crippen LogP contribution in [0.1, 0.15) is 34.7 Å². The van der Waals surface area contributed by atoms with Gasteiger partial charge in [0.2, 0.25) is 0 Å². The van der Waals surface area contributed by atoms with Crippen molar-refractivity contribution in [2.24, 2.45) is 0 Å². The lowest BCUT2D eigenvalue weighted by Crippen LogP contribution is -2.14. The van der Waals surface area contributed by atoms with Crippen molar-refractivity contribution in [2.45, 2.75) is 13.0 Å². The van der Waals surface area contributed by atoms with E-state index in [1.54, 1.807) is 29.5 Å². The maximum atomic E-state index is 14.2. The third kappa shape index (κ3) is 3.54. The lowest BCUT2D eigenvalue weighted by Gasteiger charge is -2.18. The van der Waals surface area contributed by atoms with E-state index in [0.29, 0.717) is 22.6 Å². The first-order valence-corrected chi connectivity index (χ1v) is 9.42. The number of hydrogen-bond acceptors (Lipinski definition) is 9. The van der Waals surface area contributed by atoms with Gasteiger partial charge in [-0.05, 0) is 25.1 Å². The highest BCUT2D eigenvalue weighted by Gasteiger charge is 2.22. The smallest absolute Gasteiger partial charge is 0.355 e. The van der Waals surface area contributed by atoms with Crippen LogP contribution in [0.3, 0.4) is 0 Å². The lowest BCUT2D eigenvalue weighted by atomic mass is 10.0. The molecule has 0 spiro atoms. The zero-order valence-electron chi connectivity index (χ0n) is 17.1. The summed E-state index contributed by atoms with van der Waals surface area (Å²) < 4.78 is 20.7. The Morgan fingerprint density at radius 3 is 2.84 bits per heavy atom. The Kier molecular flexibility index (Phi) is 5.34. The van der Waals surface area contributed by atoms with Crippen molar-refractivity contribution >= 4 is 23.3 Å². The van der Waals surface area contributed by atoms with Crippen LogP contribution in [0.25, 0.3) is 16.9 Å². The third-order valence-electron chi connectivity index (χ3n) is 4.84. The summed E-state index contributed by atoms with van der Waals surface area (Å²) in [4.78, 5) is 28.8. The quantitative estimate of drug-likeness (QED) is 0.455. The number of nitrogens with zero attached hydrogens (tertiary/aromatic N) is 6. The number of nitrogen functional groups attached to an aromatic ring is 1. The number of halogens is 1. The number of nitriles is 1. The highest BCUT2D eigenvalue weighted by atomic mass is 19.1. The number of methoxy groups -OCH3 is 1. The molecule has 0 aliphatic heterocycles. The Hall–Kier alpha value is -4.59. The minimum atomic E-state index is -0.568. The molecule has 4 aromatic rings. The Morgan fingerprint density at radius 2 is 2.09 bits per heavy atom. The van der Waals surface area contributed by atoms with E-state index in [9.17, 15) is 14.4 Å². The predicted molar refractivity (Wildman–Crippen MR) is 113 cm³/mol. The molecule has 4 aromatic heterocycles. The Bertz CT molecular complexity index is 1380. The lowest BCUT2D eigenvalue weighted by molar-refractivity contribution is 0.0592. The number of nitrogens with one attached hydrogen (secondary N) is 1. The van der Waals surface area contributed by atoms with Crippen LogP contribution >= 0.6 is 0 Å². The predicted octanol–water partition coefficient (Wildman–Crippen LogP) is 2.74. The molecule has 4 rings (SSSR count). The molecule has 10 nitrogen and oxygen atoms in total. The second-order valence-corrected chi connectivity index (χ2v) is 6.79. The maximum absolute atomic E-state index is 14.2. The Morgan fingerprint density at radius 1 is 1.28 bits per heavy atom. The van der Waals surface area contributed by atoms with Gasteiger partial charge >= 0.3 is 5.97 Å². The molecule has 0 bridgehead atoms. The second-order valence-electron chi connectivity index (χ2n) is 6.79. The molecule has 0 aliphatic rings. The monoisotopic (exact) mass is 432 g/mol. The number of carbonyl (C=O) groups is 1. The van der Waals surface area contributed by atoms with E-state index in [4.69, 9.17) is 10.5 Å². The van der Waals surface area contributed by atoms with E-state index >= 15 is 0 Å². The van der Waals surface area contributed by atoms with E-state index in [0.717, 1.165) is 6.20 Å². The Labute approximate surface area is 181 Å². The number of aromatic nitrogens is 5. The van der Waals surface area contributed by atoms with E-state index < -0.39 is 17.8 Å². The third-order valence-corrected chi connectivity index (χ3v) is 4.84. The van der Waals surface area contributed by atoms with Crippen LogP contribution in [0, 0.1) is 17.1 Å². The van der Waals surface area contributed by atoms with Crippen LogP contribution in [-0.2, 0) is 4.74 Å². The number of hydrogen-bond donors (Lipinski definition) is 2. The van der Waals surface area contributed by atoms with Gasteiger partial charge in [0.1, 0.15) is 46.8 Å². The molecule has 11 heteroatoms. The normalized spacial score (nSPS) is 11.7. The van der Waals surface area contributed by atoms with Gasteiger partial charge in [0, 0.05) is 5.56 Å². The van der Waals surface area contributed by atoms with Gasteiger partial charge in [0.25, 0.3) is 0 Å². The highest BCUT2D eigenvalue weighted by molar-refractivity contribution is 5.89. The summed E-state index contributed by atoms with van der Waals surface area (Å²) in [5, 5.41) is 12.5. The number of pyridine rings is 2. The molecule has 3 N–H and O–H groups in total.